The van der Waals surface area contributed by atoms with Gasteiger partial charge in [0.05, 0.1) is 0 Å². The van der Waals surface area contributed by atoms with Gasteiger partial charge in [-0.25, -0.2) is 0 Å². The number of hydrogen-bond acceptors (Lipinski definition) is 0. The minimum atomic E-state index is 1.13. The highest BCUT2D eigenvalue weighted by Gasteiger charge is 1.78. The molecule has 0 fully saturated rings. The lowest BCUT2D eigenvalue weighted by Crippen LogP contribution is -1.64. The van der Waals surface area contributed by atoms with Crippen molar-refractivity contribution in [3.8, 4) is 0 Å². The van der Waals surface area contributed by atoms with Gasteiger partial charge in [-0.1, -0.05) is 60.1 Å². The molecule has 0 bridgehead atoms. The second-order valence-corrected chi connectivity index (χ2v) is 2.42. The fourth-order valence-electron chi connectivity index (χ4n) is 0.637. The van der Waals surface area contributed by atoms with Crippen molar-refractivity contribution in [2.45, 2.75) is 0 Å². The standard InChI is InChI=1S/C8H7Cl.C2H3Cl.C2H4/c9-7-6-8-4-2-1-3-5-8;1-2-3;1-2/h1-7H;2H,1H2;1-2H2. The first-order chi connectivity index (χ1) is 6.85. The van der Waals surface area contributed by atoms with Crippen molar-refractivity contribution in [3.63, 3.8) is 0 Å². The first kappa shape index (κ1) is 15.5. The molecule has 76 valence electrons. The van der Waals surface area contributed by atoms with Gasteiger partial charge in [0.2, 0.25) is 0 Å². The molecule has 0 radical (unpaired) electrons. The maximum absolute atomic E-state index is 5.36. The zero-order chi connectivity index (χ0) is 11.2. The number of hydrogen-bond donors (Lipinski definition) is 0. The van der Waals surface area contributed by atoms with E-state index in [9.17, 15) is 0 Å². The summed E-state index contributed by atoms with van der Waals surface area (Å²) in [7, 11) is 0. The van der Waals surface area contributed by atoms with E-state index in [0.717, 1.165) is 5.56 Å². The van der Waals surface area contributed by atoms with Crippen molar-refractivity contribution in [3.05, 3.63) is 66.7 Å². The molecule has 0 N–H and O–H groups in total. The lowest BCUT2D eigenvalue weighted by molar-refractivity contribution is 1.66. The Balaban J connectivity index is 0. The van der Waals surface area contributed by atoms with Crippen molar-refractivity contribution in [1.29, 1.82) is 0 Å². The molecule has 1 rings (SSSR count). The minimum Gasteiger partial charge on any atom is -0.106 e. The molecule has 0 saturated heterocycles. The lowest BCUT2D eigenvalue weighted by Gasteiger charge is -1.86. The molecule has 0 atom stereocenters. The van der Waals surface area contributed by atoms with Gasteiger partial charge >= 0.3 is 0 Å². The SMILES string of the molecule is C=C.C=CCl.ClC=Cc1ccccc1. The van der Waals surface area contributed by atoms with Gasteiger partial charge in [-0.2, -0.15) is 0 Å². The average Bonchev–Trinajstić information content (AvgIpc) is 2.24. The molecule has 0 amide bonds. The third kappa shape index (κ3) is 11.0. The van der Waals surface area contributed by atoms with E-state index >= 15 is 0 Å². The molecule has 0 aromatic heterocycles. The molecule has 0 saturated carbocycles. The molecule has 2 heteroatoms. The van der Waals surface area contributed by atoms with Gasteiger partial charge in [0.25, 0.3) is 0 Å². The minimum absolute atomic E-state index is 1.13. The summed E-state index contributed by atoms with van der Waals surface area (Å²) in [5, 5.41) is 0. The van der Waals surface area contributed by atoms with Gasteiger partial charge in [-0.3, -0.25) is 0 Å². The largest absolute Gasteiger partial charge is 0.106 e. The van der Waals surface area contributed by atoms with Crippen LogP contribution in [0.3, 0.4) is 0 Å². The summed E-state index contributed by atoms with van der Waals surface area (Å²) >= 11 is 10.1. The Labute approximate surface area is 96.2 Å². The molecule has 1 aromatic carbocycles. The van der Waals surface area contributed by atoms with Crippen molar-refractivity contribution in [2.75, 3.05) is 0 Å². The highest BCUT2D eigenvalue weighted by atomic mass is 35.5. The maximum Gasteiger partial charge on any atom is 0.00484 e. The van der Waals surface area contributed by atoms with E-state index in [-0.39, 0.29) is 0 Å². The van der Waals surface area contributed by atoms with E-state index in [1.54, 1.807) is 0 Å². The van der Waals surface area contributed by atoms with Gasteiger partial charge in [-0.05, 0) is 17.2 Å². The highest BCUT2D eigenvalue weighted by molar-refractivity contribution is 6.27. The Morgan fingerprint density at radius 3 is 1.79 bits per heavy atom. The van der Waals surface area contributed by atoms with Crippen LogP contribution in [0.2, 0.25) is 0 Å². The van der Waals surface area contributed by atoms with Gasteiger partial charge in [-0.15, -0.1) is 13.2 Å². The van der Waals surface area contributed by atoms with E-state index in [4.69, 9.17) is 23.2 Å². The monoisotopic (exact) mass is 228 g/mol. The Hall–Kier alpha value is -0.980. The zero-order valence-electron chi connectivity index (χ0n) is 8.00. The van der Waals surface area contributed by atoms with Crippen LogP contribution in [-0.2, 0) is 0 Å². The summed E-state index contributed by atoms with van der Waals surface area (Å²) < 4.78 is 0. The van der Waals surface area contributed by atoms with Crippen LogP contribution in [0, 0.1) is 0 Å². The number of halogens is 2. The Bertz CT molecular complexity index is 240. The van der Waals surface area contributed by atoms with Gasteiger partial charge in [0.15, 0.2) is 0 Å². The Kier molecular flexibility index (Phi) is 16.1. The summed E-state index contributed by atoms with van der Waals surface area (Å²) in [5.41, 5.74) is 3.86. The first-order valence-corrected chi connectivity index (χ1v) is 4.75. The average molecular weight is 229 g/mol. The van der Waals surface area contributed by atoms with Crippen molar-refractivity contribution >= 4 is 29.3 Å². The van der Waals surface area contributed by atoms with E-state index in [2.05, 4.69) is 19.7 Å². The number of benzene rings is 1. The zero-order valence-corrected chi connectivity index (χ0v) is 9.51. The van der Waals surface area contributed by atoms with Crippen LogP contribution in [-0.4, -0.2) is 0 Å². The molecule has 0 aliphatic heterocycles. The highest BCUT2D eigenvalue weighted by Crippen LogP contribution is 2.00. The summed E-state index contributed by atoms with van der Waals surface area (Å²) in [4.78, 5) is 0. The van der Waals surface area contributed by atoms with Crippen molar-refractivity contribution in [1.82, 2.24) is 0 Å². The lowest BCUT2D eigenvalue weighted by atomic mass is 10.2. The van der Waals surface area contributed by atoms with Gasteiger partial charge in [0, 0.05) is 5.54 Å². The molecule has 0 spiro atoms. The van der Waals surface area contributed by atoms with Crippen molar-refractivity contribution < 1.29 is 0 Å². The fourth-order valence-corrected chi connectivity index (χ4v) is 0.782. The second kappa shape index (κ2) is 14.5. The van der Waals surface area contributed by atoms with E-state index in [1.807, 2.05) is 36.4 Å². The summed E-state index contributed by atoms with van der Waals surface area (Å²) in [6.07, 6.45) is 1.85. The van der Waals surface area contributed by atoms with Crippen LogP contribution in [0.1, 0.15) is 5.56 Å². The summed E-state index contributed by atoms with van der Waals surface area (Å²) in [6.45, 7) is 9.13. The molecular formula is C12H14Cl2. The number of rotatable bonds is 1. The van der Waals surface area contributed by atoms with Crippen LogP contribution in [0.4, 0.5) is 0 Å². The normalized spacial score (nSPS) is 7.86. The van der Waals surface area contributed by atoms with Crippen LogP contribution < -0.4 is 0 Å². The van der Waals surface area contributed by atoms with Gasteiger partial charge in [0.1, 0.15) is 0 Å². The van der Waals surface area contributed by atoms with Crippen LogP contribution >= 0.6 is 23.2 Å². The molecule has 0 unspecified atom stereocenters. The van der Waals surface area contributed by atoms with E-state index < -0.39 is 0 Å². The summed E-state index contributed by atoms with van der Waals surface area (Å²) in [5.74, 6) is 0. The predicted octanol–water partition coefficient (Wildman–Crippen LogP) is 5.07. The van der Waals surface area contributed by atoms with E-state index in [1.165, 1.54) is 11.1 Å². The first-order valence-electron chi connectivity index (χ1n) is 3.88. The quantitative estimate of drug-likeness (QED) is 0.590. The molecule has 0 heterocycles. The third-order valence-corrected chi connectivity index (χ3v) is 1.18. The molecular weight excluding hydrogens is 215 g/mol. The van der Waals surface area contributed by atoms with Crippen molar-refractivity contribution in [2.24, 2.45) is 0 Å². The third-order valence-electron chi connectivity index (χ3n) is 1.06. The maximum atomic E-state index is 5.36. The molecule has 0 aliphatic rings. The molecule has 1 aromatic rings. The van der Waals surface area contributed by atoms with Crippen LogP contribution in [0.5, 0.6) is 0 Å². The molecule has 14 heavy (non-hydrogen) atoms. The Morgan fingerprint density at radius 1 is 1.00 bits per heavy atom. The molecule has 0 nitrogen and oxygen atoms in total. The molecule has 0 aliphatic carbocycles. The van der Waals surface area contributed by atoms with E-state index in [0.29, 0.717) is 0 Å². The second-order valence-electron chi connectivity index (χ2n) is 1.86. The summed E-state index contributed by atoms with van der Waals surface area (Å²) in [6, 6.07) is 9.93. The topological polar surface area (TPSA) is 0 Å². The Morgan fingerprint density at radius 2 is 1.43 bits per heavy atom. The smallest absolute Gasteiger partial charge is 0.00484 e. The van der Waals surface area contributed by atoms with Gasteiger partial charge < -0.3 is 0 Å². The fraction of sp³-hybridized carbons (Fsp3) is 0. The predicted molar refractivity (Wildman–Crippen MR) is 68.6 cm³/mol. The van der Waals surface area contributed by atoms with Crippen LogP contribution in [0.25, 0.3) is 6.08 Å². The van der Waals surface area contributed by atoms with Crippen LogP contribution in [0.15, 0.2) is 61.1 Å².